The van der Waals surface area contributed by atoms with Gasteiger partial charge >= 0.3 is 0 Å². The molecule has 224 valence electrons. The molecule has 8 nitrogen and oxygen atoms in total. The summed E-state index contributed by atoms with van der Waals surface area (Å²) in [6, 6.07) is 17.7. The molecule has 0 aromatic heterocycles. The van der Waals surface area contributed by atoms with Crippen LogP contribution in [0.2, 0.25) is 0 Å². The molecule has 0 saturated heterocycles. The first-order chi connectivity index (χ1) is 20.1. The molecule has 10 heteroatoms. The Kier molecular flexibility index (Phi) is 10.2. The number of anilines is 1. The summed E-state index contributed by atoms with van der Waals surface area (Å²) in [5.41, 5.74) is 1.87. The zero-order valence-electron chi connectivity index (χ0n) is 24.3. The number of halogens is 1. The van der Waals surface area contributed by atoms with E-state index in [4.69, 9.17) is 4.74 Å². The Morgan fingerprint density at radius 2 is 1.60 bits per heavy atom. The van der Waals surface area contributed by atoms with Crippen LogP contribution < -0.4 is 14.4 Å². The number of carbonyl (C=O) groups excluding carboxylic acids is 2. The van der Waals surface area contributed by atoms with Gasteiger partial charge in [-0.05, 0) is 80.3 Å². The van der Waals surface area contributed by atoms with Crippen molar-refractivity contribution in [1.29, 1.82) is 0 Å². The quantitative estimate of drug-likeness (QED) is 0.310. The fourth-order valence-electron chi connectivity index (χ4n) is 5.19. The van der Waals surface area contributed by atoms with Crippen LogP contribution in [-0.4, -0.2) is 50.9 Å². The lowest BCUT2D eigenvalue weighted by Crippen LogP contribution is -2.53. The highest BCUT2D eigenvalue weighted by molar-refractivity contribution is 7.92. The Bertz CT molecular complexity index is 1460. The van der Waals surface area contributed by atoms with Crippen LogP contribution in [0.1, 0.15) is 50.2 Å². The van der Waals surface area contributed by atoms with Crippen LogP contribution >= 0.6 is 0 Å². The Hall–Kier alpha value is -3.92. The summed E-state index contributed by atoms with van der Waals surface area (Å²) >= 11 is 0. The number of nitrogens with one attached hydrogen (secondary N) is 1. The molecule has 1 aliphatic rings. The number of nitrogens with zero attached hydrogens (tertiary/aromatic N) is 2. The van der Waals surface area contributed by atoms with E-state index in [1.807, 2.05) is 13.8 Å². The van der Waals surface area contributed by atoms with E-state index in [2.05, 4.69) is 5.32 Å². The molecule has 1 saturated carbocycles. The molecular weight excluding hydrogens is 557 g/mol. The van der Waals surface area contributed by atoms with Crippen molar-refractivity contribution in [3.63, 3.8) is 0 Å². The first-order valence-electron chi connectivity index (χ1n) is 14.2. The van der Waals surface area contributed by atoms with Crippen molar-refractivity contribution < 1.29 is 27.1 Å². The largest absolute Gasteiger partial charge is 0.497 e. The highest BCUT2D eigenvalue weighted by Gasteiger charge is 2.34. The van der Waals surface area contributed by atoms with Gasteiger partial charge in [-0.2, -0.15) is 0 Å². The van der Waals surface area contributed by atoms with Gasteiger partial charge in [-0.1, -0.05) is 49.6 Å². The molecule has 42 heavy (non-hydrogen) atoms. The van der Waals surface area contributed by atoms with Gasteiger partial charge in [-0.3, -0.25) is 13.9 Å². The molecule has 0 heterocycles. The van der Waals surface area contributed by atoms with E-state index >= 15 is 0 Å². The summed E-state index contributed by atoms with van der Waals surface area (Å²) in [5.74, 6) is -0.750. The lowest BCUT2D eigenvalue weighted by atomic mass is 10.1. The van der Waals surface area contributed by atoms with Crippen molar-refractivity contribution in [2.24, 2.45) is 0 Å². The highest BCUT2D eigenvalue weighted by atomic mass is 32.2. The third-order valence-corrected chi connectivity index (χ3v) is 9.39. The summed E-state index contributed by atoms with van der Waals surface area (Å²) in [6.07, 6.45) is 4.16. The smallest absolute Gasteiger partial charge is 0.264 e. The second-order valence-electron chi connectivity index (χ2n) is 10.6. The van der Waals surface area contributed by atoms with Crippen molar-refractivity contribution in [2.75, 3.05) is 18.0 Å². The number of rotatable bonds is 12. The maximum Gasteiger partial charge on any atom is 0.264 e. The SMILES string of the molecule is CC[C@@H](C(=O)NC1CCCC1)N(Cc1ccc(F)cc1)C(=O)CN(c1ccc(C)cc1)S(=O)(=O)c1ccc(OC)cc1. The molecule has 1 aliphatic carbocycles. The minimum atomic E-state index is -4.19. The van der Waals surface area contributed by atoms with E-state index in [1.165, 1.54) is 36.3 Å². The van der Waals surface area contributed by atoms with Crippen LogP contribution in [0.5, 0.6) is 5.75 Å². The minimum Gasteiger partial charge on any atom is -0.497 e. The molecule has 0 radical (unpaired) electrons. The van der Waals surface area contributed by atoms with E-state index in [9.17, 15) is 22.4 Å². The summed E-state index contributed by atoms with van der Waals surface area (Å²) in [4.78, 5) is 29.0. The zero-order valence-corrected chi connectivity index (χ0v) is 25.1. The standard InChI is InChI=1S/C32H38FN3O5S/c1-4-30(32(38)34-26-7-5-6-8-26)35(21-24-11-13-25(33)14-12-24)31(37)22-36(27-15-9-23(2)10-16-27)42(39,40)29-19-17-28(41-3)18-20-29/h9-20,26,30H,4-8,21-22H2,1-3H3,(H,34,38)/t30-/m0/s1. The summed E-state index contributed by atoms with van der Waals surface area (Å²) in [7, 11) is -2.70. The van der Waals surface area contributed by atoms with E-state index in [0.29, 0.717) is 23.4 Å². The maximum atomic E-state index is 14.1. The predicted octanol–water partition coefficient (Wildman–Crippen LogP) is 5.20. The third kappa shape index (κ3) is 7.47. The molecular formula is C32H38FN3O5S. The van der Waals surface area contributed by atoms with Crippen LogP contribution in [0.15, 0.2) is 77.7 Å². The Labute approximate surface area is 247 Å². The van der Waals surface area contributed by atoms with Crippen LogP contribution in [-0.2, 0) is 26.2 Å². The fourth-order valence-corrected chi connectivity index (χ4v) is 6.60. The maximum absolute atomic E-state index is 14.1. The highest BCUT2D eigenvalue weighted by Crippen LogP contribution is 2.27. The first-order valence-corrected chi connectivity index (χ1v) is 15.6. The molecule has 3 aromatic carbocycles. The van der Waals surface area contributed by atoms with Gasteiger partial charge in [0.15, 0.2) is 0 Å². The lowest BCUT2D eigenvalue weighted by molar-refractivity contribution is -0.140. The van der Waals surface area contributed by atoms with Crippen molar-refractivity contribution in [3.8, 4) is 5.75 Å². The van der Waals surface area contributed by atoms with Crippen LogP contribution in [0.4, 0.5) is 10.1 Å². The van der Waals surface area contributed by atoms with Crippen molar-refractivity contribution in [1.82, 2.24) is 10.2 Å². The van der Waals surface area contributed by atoms with Crippen molar-refractivity contribution in [2.45, 2.75) is 69.5 Å². The molecule has 0 spiro atoms. The van der Waals surface area contributed by atoms with Gasteiger partial charge in [0.05, 0.1) is 17.7 Å². The monoisotopic (exact) mass is 595 g/mol. The molecule has 1 fully saturated rings. The number of hydrogen-bond donors (Lipinski definition) is 1. The number of methoxy groups -OCH3 is 1. The fraction of sp³-hybridized carbons (Fsp3) is 0.375. The molecule has 1 N–H and O–H groups in total. The average molecular weight is 596 g/mol. The van der Waals surface area contributed by atoms with E-state index < -0.39 is 34.3 Å². The van der Waals surface area contributed by atoms with Crippen LogP contribution in [0.25, 0.3) is 0 Å². The molecule has 2 amide bonds. The molecule has 1 atom stereocenters. The first kappa shape index (κ1) is 31.0. The third-order valence-electron chi connectivity index (χ3n) is 7.60. The number of carbonyl (C=O) groups is 2. The van der Waals surface area contributed by atoms with E-state index in [1.54, 1.807) is 48.5 Å². The number of benzene rings is 3. The normalized spacial score (nSPS) is 14.3. The van der Waals surface area contributed by atoms with E-state index in [0.717, 1.165) is 35.6 Å². The van der Waals surface area contributed by atoms with Gasteiger partial charge < -0.3 is 15.0 Å². The Morgan fingerprint density at radius 1 is 0.976 bits per heavy atom. The molecule has 0 aliphatic heterocycles. The minimum absolute atomic E-state index is 0.00669. The topological polar surface area (TPSA) is 96.0 Å². The van der Waals surface area contributed by atoms with Crippen LogP contribution in [0.3, 0.4) is 0 Å². The summed E-state index contributed by atoms with van der Waals surface area (Å²) in [6.45, 7) is 3.18. The summed E-state index contributed by atoms with van der Waals surface area (Å²) < 4.78 is 47.8. The molecule has 4 rings (SSSR count). The molecule has 0 unspecified atom stereocenters. The number of ether oxygens (including phenoxy) is 1. The Morgan fingerprint density at radius 3 is 2.17 bits per heavy atom. The van der Waals surface area contributed by atoms with Gasteiger partial charge in [-0.15, -0.1) is 0 Å². The van der Waals surface area contributed by atoms with Gasteiger partial charge in [0.1, 0.15) is 24.2 Å². The van der Waals surface area contributed by atoms with Gasteiger partial charge in [0.2, 0.25) is 11.8 Å². The second kappa shape index (κ2) is 13.8. The van der Waals surface area contributed by atoms with Crippen LogP contribution in [0, 0.1) is 12.7 Å². The predicted molar refractivity (Wildman–Crippen MR) is 160 cm³/mol. The number of sulfonamides is 1. The van der Waals surface area contributed by atoms with Crippen molar-refractivity contribution >= 4 is 27.5 Å². The van der Waals surface area contributed by atoms with Gasteiger partial charge in [-0.25, -0.2) is 12.8 Å². The number of amides is 2. The lowest BCUT2D eigenvalue weighted by Gasteiger charge is -2.33. The van der Waals surface area contributed by atoms with Gasteiger partial charge in [0, 0.05) is 12.6 Å². The second-order valence-corrected chi connectivity index (χ2v) is 12.4. The van der Waals surface area contributed by atoms with E-state index in [-0.39, 0.29) is 23.4 Å². The number of hydrogen-bond acceptors (Lipinski definition) is 5. The number of aryl methyl sites for hydroxylation is 1. The molecule has 0 bridgehead atoms. The zero-order chi connectivity index (χ0) is 30.3. The Balaban J connectivity index is 1.70. The van der Waals surface area contributed by atoms with Gasteiger partial charge in [0.25, 0.3) is 10.0 Å². The summed E-state index contributed by atoms with van der Waals surface area (Å²) in [5, 5.41) is 3.08. The molecule has 3 aromatic rings. The van der Waals surface area contributed by atoms with Crippen molar-refractivity contribution in [3.05, 3.63) is 89.7 Å². The average Bonchev–Trinajstić information content (AvgIpc) is 3.50.